The number of carboxylic acids is 2. The second-order valence-electron chi connectivity index (χ2n) is 32.1. The van der Waals surface area contributed by atoms with Crippen molar-refractivity contribution in [3.8, 4) is 0 Å². The second kappa shape index (κ2) is 41.6. The molecule has 112 heavy (non-hydrogen) atoms. The zero-order valence-electron chi connectivity index (χ0n) is 65.4. The molecule has 25 nitrogen and oxygen atoms in total. The molecule has 3 aliphatic carbocycles. The van der Waals surface area contributed by atoms with Crippen LogP contribution >= 0.6 is 24.8 Å². The number of rotatable bonds is 16. The molecule has 3 saturated carbocycles. The lowest BCUT2D eigenvalue weighted by Crippen LogP contribution is -2.50. The molecule has 0 spiro atoms. The molecule has 6 aromatic rings. The van der Waals surface area contributed by atoms with Crippen LogP contribution in [0.1, 0.15) is 283 Å². The van der Waals surface area contributed by atoms with Crippen molar-refractivity contribution in [3.63, 3.8) is 0 Å². The SMILES string of the molecule is C.CCOC(=O)CN.CCOC(=O)CN(C)C(=O)c1nc2ccccc2n(C2C[C@H]3CC[C@@H](C2)N3C2CCCCCCC2)c1=O.CN(CC(=O)O)C(=O)c1nc2ccccc2n(C2C[C@H]3CC[C@@H](C2)N3C2CCCCCCC2)c1=O.Cl.Cl.O=C(O)c1nc2ccccc2n(C2C[C@H]3CC[C@@H](C2)N3C2CCCCCCC2)c1=O. The lowest BCUT2D eigenvalue weighted by Gasteiger charge is -2.45. The van der Waals surface area contributed by atoms with Crippen LogP contribution in [0.3, 0.4) is 0 Å². The summed E-state index contributed by atoms with van der Waals surface area (Å²) < 4.78 is 14.8. The summed E-state index contributed by atoms with van der Waals surface area (Å²) in [4.78, 5) is 136. The van der Waals surface area contributed by atoms with E-state index in [1.165, 1.54) is 192 Å². The average Bonchev–Trinajstić information content (AvgIpc) is 0.818. The summed E-state index contributed by atoms with van der Waals surface area (Å²) in [5, 5.41) is 18.6. The third-order valence-corrected chi connectivity index (χ3v) is 25.1. The van der Waals surface area contributed by atoms with Crippen LogP contribution in [0.25, 0.3) is 33.1 Å². The smallest absolute Gasteiger partial charge is 0.360 e. The monoisotopic (exact) mass is 1590 g/mol. The first-order chi connectivity index (χ1) is 52.8. The number of amides is 2. The number of ether oxygens (including phenoxy) is 2. The highest BCUT2D eigenvalue weighted by Gasteiger charge is 2.48. The van der Waals surface area contributed by atoms with Crippen molar-refractivity contribution in [2.45, 2.75) is 306 Å². The van der Waals surface area contributed by atoms with Crippen molar-refractivity contribution in [2.24, 2.45) is 5.73 Å². The maximum atomic E-state index is 13.9. The van der Waals surface area contributed by atoms with Gasteiger partial charge in [0, 0.05) is 86.6 Å². The number of para-hydroxylation sites is 6. The van der Waals surface area contributed by atoms with Gasteiger partial charge in [-0.1, -0.05) is 140 Å². The van der Waals surface area contributed by atoms with E-state index in [2.05, 4.69) is 34.4 Å². The molecule has 3 aromatic heterocycles. The van der Waals surface area contributed by atoms with Crippen LogP contribution in [0.5, 0.6) is 0 Å². The van der Waals surface area contributed by atoms with Gasteiger partial charge in [-0.2, -0.15) is 0 Å². The topological polar surface area (TPSA) is 308 Å². The van der Waals surface area contributed by atoms with Gasteiger partial charge in [0.25, 0.3) is 28.5 Å². The van der Waals surface area contributed by atoms with E-state index < -0.39 is 47.4 Å². The number of esters is 2. The van der Waals surface area contributed by atoms with Crippen LogP contribution in [0.15, 0.2) is 87.2 Å². The Labute approximate surface area is 670 Å². The maximum Gasteiger partial charge on any atom is 0.360 e. The van der Waals surface area contributed by atoms with Gasteiger partial charge in [0.2, 0.25) is 5.69 Å². The maximum absolute atomic E-state index is 13.9. The predicted octanol–water partition coefficient (Wildman–Crippen LogP) is 13.5. The Balaban J connectivity index is 0.000000183. The normalized spacial score (nSPS) is 24.4. The Morgan fingerprint density at radius 2 is 0.661 bits per heavy atom. The van der Waals surface area contributed by atoms with Gasteiger partial charge in [-0.3, -0.25) is 53.1 Å². The molecule has 9 atom stereocenters. The van der Waals surface area contributed by atoms with Crippen molar-refractivity contribution in [1.82, 2.24) is 53.2 Å². The molecule has 614 valence electrons. The summed E-state index contributed by atoms with van der Waals surface area (Å²) in [6.07, 6.45) is 40.5. The number of carbonyl (C=O) groups is 6. The number of nitrogens with zero attached hydrogens (tertiary/aromatic N) is 11. The molecular formula is C85H122Cl2N12O13. The van der Waals surface area contributed by atoms with E-state index in [0.717, 1.165) is 60.0 Å². The molecule has 3 aromatic carbocycles. The van der Waals surface area contributed by atoms with E-state index >= 15 is 0 Å². The molecule has 6 aliphatic heterocycles. The third-order valence-electron chi connectivity index (χ3n) is 25.1. The lowest BCUT2D eigenvalue weighted by molar-refractivity contribution is -0.143. The Hall–Kier alpha value is -7.68. The van der Waals surface area contributed by atoms with Crippen molar-refractivity contribution < 1.29 is 48.5 Å². The van der Waals surface area contributed by atoms with Gasteiger partial charge in [0.15, 0.2) is 11.4 Å². The van der Waals surface area contributed by atoms with E-state index in [-0.39, 0.29) is 98.7 Å². The van der Waals surface area contributed by atoms with Gasteiger partial charge in [-0.05, 0) is 166 Å². The molecule has 9 fully saturated rings. The van der Waals surface area contributed by atoms with Crippen molar-refractivity contribution >= 4 is 93.6 Å². The first kappa shape index (κ1) is 88.3. The largest absolute Gasteiger partial charge is 0.480 e. The minimum atomic E-state index is -1.24. The molecule has 6 bridgehead atoms. The number of carbonyl (C=O) groups excluding carboxylic acids is 4. The number of nitrogens with two attached hydrogens (primary N) is 1. The summed E-state index contributed by atoms with van der Waals surface area (Å²) in [6.45, 7) is 3.40. The van der Waals surface area contributed by atoms with Crippen LogP contribution in [-0.4, -0.2) is 200 Å². The van der Waals surface area contributed by atoms with Crippen LogP contribution in [0, 0.1) is 0 Å². The summed E-state index contributed by atoms with van der Waals surface area (Å²) >= 11 is 0. The first-order valence-corrected chi connectivity index (χ1v) is 41.2. The fourth-order valence-electron chi connectivity index (χ4n) is 20.5. The minimum Gasteiger partial charge on any atom is -0.480 e. The fourth-order valence-corrected chi connectivity index (χ4v) is 20.5. The number of likely N-dealkylation sites (N-methyl/N-ethyl adjacent to an activating group) is 2. The molecule has 2 amide bonds. The standard InChI is InChI=1S/C29H40N4O4.C27H36N4O4.C24H31N3O3.C4H9NO2.CH4.2ClH/c1-3-37-26(34)19-31(2)28(35)27-29(36)33(25-14-10-9-13-24(25)30-27)23-17-21-15-16-22(18-23)32(21)20-11-7-5-4-6-8-12-20;1-29(17-24(32)33)26(34)25-27(35)31(23-12-8-7-11-22(23)28-25)21-15-19-13-14-20(16-21)30(19)18-9-5-3-2-4-6-10-18;28-23-22(24(29)30)25-20-10-6-7-11-21(20)27(23)19-14-17-12-13-18(15-19)26(17)16-8-4-2-1-3-5-9-16;1-2-7-4(6)3-5;;;/h9-10,13-14,20-23H,3-8,11-12,15-19H2,1-2H3;7-8,11-12,18-21H,2-6,9-10,13-17H2,1H3,(H,32,33);6-7,10-11,16-19H,1-5,8-9,12-15H2,(H,29,30);2-3,5H2,1H3;1H4;2*1H/t21-,22+,23?;19-,20+,21?;17-,18+,19?;;;;. The second-order valence-corrected chi connectivity index (χ2v) is 32.1. The van der Waals surface area contributed by atoms with Crippen molar-refractivity contribution in [3.05, 3.63) is 121 Å². The molecule has 3 unspecified atom stereocenters. The van der Waals surface area contributed by atoms with Gasteiger partial charge < -0.3 is 48.9 Å². The van der Waals surface area contributed by atoms with Crippen molar-refractivity contribution in [2.75, 3.05) is 46.9 Å². The molecule has 9 aliphatic rings. The molecule has 9 heterocycles. The number of halogens is 2. The quantitative estimate of drug-likeness (QED) is 0.0758. The molecular weight excluding hydrogens is 1470 g/mol. The summed E-state index contributed by atoms with van der Waals surface area (Å²) in [5.74, 6) is -4.41. The number of benzene rings is 3. The Morgan fingerprint density at radius 3 is 0.938 bits per heavy atom. The van der Waals surface area contributed by atoms with E-state index in [9.17, 15) is 48.3 Å². The molecule has 27 heteroatoms. The summed E-state index contributed by atoms with van der Waals surface area (Å²) in [7, 11) is 2.90. The Bertz CT molecular complexity index is 4320. The van der Waals surface area contributed by atoms with E-state index in [1.807, 2.05) is 71.3 Å². The van der Waals surface area contributed by atoms with Gasteiger partial charge in [-0.25, -0.2) is 19.7 Å². The number of aromatic carboxylic acids is 1. The van der Waals surface area contributed by atoms with E-state index in [0.29, 0.717) is 77.5 Å². The molecule has 15 rings (SSSR count). The zero-order chi connectivity index (χ0) is 76.8. The van der Waals surface area contributed by atoms with Crippen LogP contribution in [-0.2, 0) is 23.9 Å². The average molecular weight is 1590 g/mol. The summed E-state index contributed by atoms with van der Waals surface area (Å²) in [6, 6.07) is 27.5. The van der Waals surface area contributed by atoms with Crippen LogP contribution in [0.4, 0.5) is 0 Å². The molecule has 6 saturated heterocycles. The highest BCUT2D eigenvalue weighted by Crippen LogP contribution is 2.48. The predicted molar refractivity (Wildman–Crippen MR) is 439 cm³/mol. The van der Waals surface area contributed by atoms with Crippen LogP contribution in [0.2, 0.25) is 0 Å². The van der Waals surface area contributed by atoms with Gasteiger partial charge in [0.05, 0.1) is 52.9 Å². The van der Waals surface area contributed by atoms with Gasteiger partial charge >= 0.3 is 23.9 Å². The number of fused-ring (bicyclic) bond motifs is 9. The first-order valence-electron chi connectivity index (χ1n) is 41.2. The number of carboxylic acid groups (broad SMARTS) is 2. The number of aromatic nitrogens is 6. The zero-order valence-corrected chi connectivity index (χ0v) is 67.1. The van der Waals surface area contributed by atoms with E-state index in [1.54, 1.807) is 29.0 Å². The summed E-state index contributed by atoms with van der Waals surface area (Å²) in [5.41, 5.74) is 7.09. The number of piperidine rings is 3. The molecule has 4 N–H and O–H groups in total. The minimum absolute atomic E-state index is 0. The number of aliphatic carboxylic acids is 1. The fraction of sp³-hybridized carbons (Fsp3) is 0.647. The Morgan fingerprint density at radius 1 is 0.393 bits per heavy atom. The van der Waals surface area contributed by atoms with Crippen molar-refractivity contribution in [1.29, 1.82) is 0 Å². The van der Waals surface area contributed by atoms with Crippen LogP contribution < -0.4 is 22.4 Å². The molecule has 0 radical (unpaired) electrons. The van der Waals surface area contributed by atoms with E-state index in [4.69, 9.17) is 15.6 Å². The van der Waals surface area contributed by atoms with Gasteiger partial charge in [0.1, 0.15) is 13.1 Å². The third kappa shape index (κ3) is 20.5. The number of hydrogen-bond acceptors (Lipinski definition) is 18. The van der Waals surface area contributed by atoms with Gasteiger partial charge in [-0.15, -0.1) is 24.8 Å². The lowest BCUT2D eigenvalue weighted by atomic mass is 9.89. The highest BCUT2D eigenvalue weighted by atomic mass is 35.5. The number of hydrogen-bond donors (Lipinski definition) is 3. The highest BCUT2D eigenvalue weighted by molar-refractivity contribution is 5.96. The Kier molecular flexibility index (Phi) is 32.8.